The summed E-state index contributed by atoms with van der Waals surface area (Å²) in [6.07, 6.45) is 3.85. The molecule has 0 fully saturated rings. The molecule has 1 atom stereocenters. The Morgan fingerprint density at radius 3 is 2.80 bits per heavy atom. The Morgan fingerprint density at radius 1 is 1.15 bits per heavy atom. The van der Waals surface area contributed by atoms with Crippen LogP contribution in [0, 0.1) is 0 Å². The smallest absolute Gasteiger partial charge is 0.138 e. The summed E-state index contributed by atoms with van der Waals surface area (Å²) in [5.74, 6) is 0.929. The number of benzene rings is 1. The van der Waals surface area contributed by atoms with Crippen LogP contribution in [-0.2, 0) is 0 Å². The number of nitrogens with zero attached hydrogens (tertiary/aromatic N) is 2. The van der Waals surface area contributed by atoms with Crippen LogP contribution in [-0.4, -0.2) is 9.97 Å². The summed E-state index contributed by atoms with van der Waals surface area (Å²) in [4.78, 5) is 9.74. The number of hydrogen-bond acceptors (Lipinski definition) is 4. The molecular weight excluding hydrogens is 266 g/mol. The molecule has 3 nitrogen and oxygen atoms in total. The van der Waals surface area contributed by atoms with Crippen molar-refractivity contribution in [1.29, 1.82) is 0 Å². The van der Waals surface area contributed by atoms with Crippen molar-refractivity contribution in [1.82, 2.24) is 9.97 Å². The third-order valence-electron chi connectivity index (χ3n) is 3.35. The van der Waals surface area contributed by atoms with Crippen LogP contribution in [0.2, 0.25) is 0 Å². The quantitative estimate of drug-likeness (QED) is 0.741. The molecule has 0 bridgehead atoms. The highest BCUT2D eigenvalue weighted by Gasteiger charge is 2.13. The van der Waals surface area contributed by atoms with E-state index in [1.165, 1.54) is 5.56 Å². The maximum Gasteiger partial charge on any atom is 0.138 e. The molecule has 4 heteroatoms. The van der Waals surface area contributed by atoms with Crippen LogP contribution >= 0.6 is 11.3 Å². The van der Waals surface area contributed by atoms with Gasteiger partial charge in [-0.1, -0.05) is 43.7 Å². The standard InChI is InChI=1S/C16H17N3S/c1-2-6-14(12-7-4-3-5-8-12)19-15-13-9-10-20-16(13)18-11-17-15/h3-5,7-11,14H,2,6H2,1H3,(H,17,18,19)/t14-/m0/s1. The normalized spacial score (nSPS) is 12.4. The average Bonchev–Trinajstić information content (AvgIpc) is 2.97. The lowest BCUT2D eigenvalue weighted by molar-refractivity contribution is 0.675. The minimum absolute atomic E-state index is 0.291. The van der Waals surface area contributed by atoms with Crippen molar-refractivity contribution < 1.29 is 0 Å². The molecule has 3 aromatic rings. The number of hydrogen-bond donors (Lipinski definition) is 1. The highest BCUT2D eigenvalue weighted by molar-refractivity contribution is 7.16. The van der Waals surface area contributed by atoms with Crippen molar-refractivity contribution >= 4 is 27.4 Å². The van der Waals surface area contributed by atoms with Crippen molar-refractivity contribution in [3.8, 4) is 0 Å². The van der Waals surface area contributed by atoms with Crippen LogP contribution in [0.25, 0.3) is 10.2 Å². The van der Waals surface area contributed by atoms with Crippen LogP contribution in [0.5, 0.6) is 0 Å². The molecule has 20 heavy (non-hydrogen) atoms. The predicted octanol–water partition coefficient (Wildman–Crippen LogP) is 4.64. The van der Waals surface area contributed by atoms with Gasteiger partial charge in [0.2, 0.25) is 0 Å². The Hall–Kier alpha value is -1.94. The van der Waals surface area contributed by atoms with E-state index in [1.54, 1.807) is 17.7 Å². The maximum absolute atomic E-state index is 4.41. The maximum atomic E-state index is 4.41. The number of fused-ring (bicyclic) bond motifs is 1. The van der Waals surface area contributed by atoms with Gasteiger partial charge in [0.15, 0.2) is 0 Å². The number of aromatic nitrogens is 2. The van der Waals surface area contributed by atoms with Gasteiger partial charge >= 0.3 is 0 Å². The fourth-order valence-electron chi connectivity index (χ4n) is 2.37. The van der Waals surface area contributed by atoms with E-state index in [0.29, 0.717) is 6.04 Å². The molecule has 0 radical (unpaired) electrons. The lowest BCUT2D eigenvalue weighted by atomic mass is 10.0. The van der Waals surface area contributed by atoms with E-state index < -0.39 is 0 Å². The SMILES string of the molecule is CCC[C@H](Nc1ncnc2sccc12)c1ccccc1. The first-order valence-corrected chi connectivity index (χ1v) is 7.76. The van der Waals surface area contributed by atoms with Gasteiger partial charge in [-0.25, -0.2) is 9.97 Å². The van der Waals surface area contributed by atoms with Gasteiger partial charge in [-0.05, 0) is 23.4 Å². The van der Waals surface area contributed by atoms with Crippen molar-refractivity contribution in [3.05, 3.63) is 53.7 Å². The first kappa shape index (κ1) is 13.1. The van der Waals surface area contributed by atoms with Crippen molar-refractivity contribution in [2.75, 3.05) is 5.32 Å². The Balaban J connectivity index is 1.92. The van der Waals surface area contributed by atoms with E-state index in [0.717, 1.165) is 28.9 Å². The molecule has 2 heterocycles. The molecule has 0 saturated carbocycles. The fourth-order valence-corrected chi connectivity index (χ4v) is 3.10. The summed E-state index contributed by atoms with van der Waals surface area (Å²) < 4.78 is 0. The molecular formula is C16H17N3S. The molecule has 102 valence electrons. The molecule has 0 saturated heterocycles. The zero-order chi connectivity index (χ0) is 13.8. The monoisotopic (exact) mass is 283 g/mol. The van der Waals surface area contributed by atoms with Crippen molar-refractivity contribution in [2.24, 2.45) is 0 Å². The first-order chi connectivity index (χ1) is 9.88. The third kappa shape index (κ3) is 2.65. The second-order valence-corrected chi connectivity index (χ2v) is 5.65. The molecule has 0 amide bonds. The van der Waals surface area contributed by atoms with Gasteiger partial charge in [0, 0.05) is 0 Å². The molecule has 3 rings (SSSR count). The zero-order valence-corrected chi connectivity index (χ0v) is 12.2. The molecule has 2 aromatic heterocycles. The number of anilines is 1. The van der Waals surface area contributed by atoms with Gasteiger partial charge in [-0.3, -0.25) is 0 Å². The molecule has 0 aliphatic carbocycles. The average molecular weight is 283 g/mol. The first-order valence-electron chi connectivity index (χ1n) is 6.88. The number of thiophene rings is 1. The topological polar surface area (TPSA) is 37.8 Å². The minimum Gasteiger partial charge on any atom is -0.363 e. The van der Waals surface area contributed by atoms with Crippen LogP contribution in [0.1, 0.15) is 31.4 Å². The molecule has 0 unspecified atom stereocenters. The highest BCUT2D eigenvalue weighted by atomic mass is 32.1. The molecule has 0 spiro atoms. The van der Waals surface area contributed by atoms with Gasteiger partial charge in [0.25, 0.3) is 0 Å². The Morgan fingerprint density at radius 2 is 2.00 bits per heavy atom. The summed E-state index contributed by atoms with van der Waals surface area (Å²) in [5.41, 5.74) is 1.30. The van der Waals surface area contributed by atoms with E-state index in [-0.39, 0.29) is 0 Å². The summed E-state index contributed by atoms with van der Waals surface area (Å²) >= 11 is 1.65. The second kappa shape index (κ2) is 6.01. The lowest BCUT2D eigenvalue weighted by Crippen LogP contribution is -2.11. The molecule has 1 aromatic carbocycles. The Labute approximate surface area is 122 Å². The van der Waals surface area contributed by atoms with Crippen molar-refractivity contribution in [3.63, 3.8) is 0 Å². The Bertz CT molecular complexity index is 678. The van der Waals surface area contributed by atoms with E-state index >= 15 is 0 Å². The van der Waals surface area contributed by atoms with Gasteiger partial charge < -0.3 is 5.32 Å². The van der Waals surface area contributed by atoms with E-state index in [2.05, 4.69) is 57.9 Å². The van der Waals surface area contributed by atoms with Crippen LogP contribution < -0.4 is 5.32 Å². The van der Waals surface area contributed by atoms with Crippen LogP contribution in [0.15, 0.2) is 48.1 Å². The zero-order valence-electron chi connectivity index (χ0n) is 11.4. The molecule has 0 aliphatic heterocycles. The van der Waals surface area contributed by atoms with E-state index in [9.17, 15) is 0 Å². The number of rotatable bonds is 5. The Kier molecular flexibility index (Phi) is 3.92. The largest absolute Gasteiger partial charge is 0.363 e. The summed E-state index contributed by atoms with van der Waals surface area (Å²) in [7, 11) is 0. The lowest BCUT2D eigenvalue weighted by Gasteiger charge is -2.19. The van der Waals surface area contributed by atoms with Crippen LogP contribution in [0.3, 0.4) is 0 Å². The third-order valence-corrected chi connectivity index (χ3v) is 4.17. The van der Waals surface area contributed by atoms with Gasteiger partial charge in [0.1, 0.15) is 17.0 Å². The fraction of sp³-hybridized carbons (Fsp3) is 0.250. The van der Waals surface area contributed by atoms with Gasteiger partial charge in [-0.2, -0.15) is 0 Å². The molecule has 0 aliphatic rings. The van der Waals surface area contributed by atoms with Crippen LogP contribution in [0.4, 0.5) is 5.82 Å². The number of nitrogens with one attached hydrogen (secondary N) is 1. The van der Waals surface area contributed by atoms with Crippen molar-refractivity contribution in [2.45, 2.75) is 25.8 Å². The summed E-state index contributed by atoms with van der Waals surface area (Å²) in [6.45, 7) is 2.21. The van der Waals surface area contributed by atoms with Gasteiger partial charge in [-0.15, -0.1) is 11.3 Å². The summed E-state index contributed by atoms with van der Waals surface area (Å²) in [5, 5.41) is 6.74. The minimum atomic E-state index is 0.291. The summed E-state index contributed by atoms with van der Waals surface area (Å²) in [6, 6.07) is 12.9. The highest BCUT2D eigenvalue weighted by Crippen LogP contribution is 2.28. The second-order valence-electron chi connectivity index (χ2n) is 4.76. The predicted molar refractivity (Wildman–Crippen MR) is 85.1 cm³/mol. The van der Waals surface area contributed by atoms with E-state index in [1.807, 2.05) is 6.07 Å². The molecule has 1 N–H and O–H groups in total. The van der Waals surface area contributed by atoms with E-state index in [4.69, 9.17) is 0 Å². The van der Waals surface area contributed by atoms with Gasteiger partial charge in [0.05, 0.1) is 11.4 Å².